The molecule has 132 valence electrons. The summed E-state index contributed by atoms with van der Waals surface area (Å²) in [6.45, 7) is 3.95. The fraction of sp³-hybridized carbons (Fsp3) is 0.368. The minimum atomic E-state index is -0.185. The molecule has 0 saturated heterocycles. The molecule has 0 aliphatic heterocycles. The van der Waals surface area contributed by atoms with E-state index in [1.54, 1.807) is 0 Å². The summed E-state index contributed by atoms with van der Waals surface area (Å²) in [4.78, 5) is 18.1. The standard InChI is InChI=1S/C19H18N4OS2/c1-3-15-11(2)7-12(8-20)18(22-15)25-10-17(24)23-19-14(9-21)13-5-4-6-16(13)26-19/h7H,3-6,10H2,1-2H3,(H,23,24). The van der Waals surface area contributed by atoms with Crippen LogP contribution in [-0.2, 0) is 24.1 Å². The number of carbonyl (C=O) groups is 1. The number of pyridine rings is 1. The Morgan fingerprint density at radius 1 is 1.38 bits per heavy atom. The second-order valence-electron chi connectivity index (χ2n) is 6.08. The first-order chi connectivity index (χ1) is 12.6. The van der Waals surface area contributed by atoms with Gasteiger partial charge in [-0.05, 0) is 49.8 Å². The Hall–Kier alpha value is -2.35. The molecule has 1 aliphatic rings. The normalized spacial score (nSPS) is 12.3. The molecule has 0 aromatic carbocycles. The highest BCUT2D eigenvalue weighted by molar-refractivity contribution is 8.00. The lowest BCUT2D eigenvalue weighted by Gasteiger charge is -2.08. The van der Waals surface area contributed by atoms with E-state index in [1.165, 1.54) is 28.0 Å². The molecule has 5 nitrogen and oxygen atoms in total. The van der Waals surface area contributed by atoms with Gasteiger partial charge in [-0.2, -0.15) is 10.5 Å². The van der Waals surface area contributed by atoms with Crippen molar-refractivity contribution < 1.29 is 4.79 Å². The van der Waals surface area contributed by atoms with Gasteiger partial charge in [0.2, 0.25) is 5.91 Å². The number of nitrogens with zero attached hydrogens (tertiary/aromatic N) is 3. The van der Waals surface area contributed by atoms with Gasteiger partial charge in [-0.1, -0.05) is 18.7 Å². The third-order valence-corrected chi connectivity index (χ3v) is 6.56. The zero-order valence-electron chi connectivity index (χ0n) is 14.7. The van der Waals surface area contributed by atoms with Gasteiger partial charge in [-0.15, -0.1) is 11.3 Å². The minimum Gasteiger partial charge on any atom is -0.316 e. The monoisotopic (exact) mass is 382 g/mol. The number of aromatic nitrogens is 1. The van der Waals surface area contributed by atoms with Gasteiger partial charge >= 0.3 is 0 Å². The topological polar surface area (TPSA) is 89.6 Å². The predicted octanol–water partition coefficient (Wildman–Crippen LogP) is 3.98. The predicted molar refractivity (Wildman–Crippen MR) is 103 cm³/mol. The van der Waals surface area contributed by atoms with Gasteiger partial charge in [0, 0.05) is 10.6 Å². The molecule has 0 spiro atoms. The van der Waals surface area contributed by atoms with Crippen LogP contribution in [0.15, 0.2) is 11.1 Å². The number of amides is 1. The van der Waals surface area contributed by atoms with Gasteiger partial charge in [0.05, 0.1) is 16.9 Å². The zero-order chi connectivity index (χ0) is 18.7. The molecule has 0 radical (unpaired) electrons. The van der Waals surface area contributed by atoms with Crippen LogP contribution in [0.5, 0.6) is 0 Å². The number of hydrogen-bond donors (Lipinski definition) is 1. The lowest BCUT2D eigenvalue weighted by Crippen LogP contribution is -2.14. The first kappa shape index (κ1) is 18.4. The van der Waals surface area contributed by atoms with Crippen molar-refractivity contribution >= 4 is 34.0 Å². The van der Waals surface area contributed by atoms with Crippen molar-refractivity contribution in [1.82, 2.24) is 4.98 Å². The summed E-state index contributed by atoms with van der Waals surface area (Å²) in [7, 11) is 0. The number of nitrogens with one attached hydrogen (secondary N) is 1. The summed E-state index contributed by atoms with van der Waals surface area (Å²) in [5.41, 5.74) is 4.13. The van der Waals surface area contributed by atoms with Gasteiger partial charge in [-0.3, -0.25) is 4.79 Å². The molecule has 1 N–H and O–H groups in total. The maximum absolute atomic E-state index is 12.4. The SMILES string of the molecule is CCc1nc(SCC(=O)Nc2sc3c(c2C#N)CCC3)c(C#N)cc1C. The van der Waals surface area contributed by atoms with Crippen molar-refractivity contribution in [3.8, 4) is 12.1 Å². The van der Waals surface area contributed by atoms with E-state index in [2.05, 4.69) is 22.4 Å². The fourth-order valence-electron chi connectivity index (χ4n) is 3.09. The van der Waals surface area contributed by atoms with Crippen LogP contribution in [0.25, 0.3) is 0 Å². The van der Waals surface area contributed by atoms with Crippen LogP contribution in [0.3, 0.4) is 0 Å². The Kier molecular flexibility index (Phi) is 5.61. The molecular weight excluding hydrogens is 364 g/mol. The number of hydrogen-bond acceptors (Lipinski definition) is 6. The molecule has 2 heterocycles. The van der Waals surface area contributed by atoms with E-state index in [4.69, 9.17) is 0 Å². The summed E-state index contributed by atoms with van der Waals surface area (Å²) in [5.74, 6) is -0.0304. The zero-order valence-corrected chi connectivity index (χ0v) is 16.3. The number of aryl methyl sites for hydroxylation is 3. The Labute approximate surface area is 161 Å². The Bertz CT molecular complexity index is 950. The van der Waals surface area contributed by atoms with E-state index in [1.807, 2.05) is 19.9 Å². The van der Waals surface area contributed by atoms with Gasteiger partial charge in [0.25, 0.3) is 0 Å². The van der Waals surface area contributed by atoms with Crippen LogP contribution >= 0.6 is 23.1 Å². The highest BCUT2D eigenvalue weighted by atomic mass is 32.2. The number of thioether (sulfide) groups is 1. The third-order valence-electron chi connectivity index (χ3n) is 4.36. The van der Waals surface area contributed by atoms with E-state index in [0.717, 1.165) is 42.5 Å². The molecule has 2 aromatic rings. The Balaban J connectivity index is 1.71. The first-order valence-corrected chi connectivity index (χ1v) is 10.3. The van der Waals surface area contributed by atoms with Gasteiger partial charge in [0.1, 0.15) is 22.2 Å². The van der Waals surface area contributed by atoms with Gasteiger partial charge < -0.3 is 5.32 Å². The molecule has 0 saturated carbocycles. The van der Waals surface area contributed by atoms with Gasteiger partial charge in [-0.25, -0.2) is 4.98 Å². The van der Waals surface area contributed by atoms with E-state index >= 15 is 0 Å². The fourth-order valence-corrected chi connectivity index (χ4v) is 5.12. The quantitative estimate of drug-likeness (QED) is 0.790. The van der Waals surface area contributed by atoms with Crippen molar-refractivity contribution in [1.29, 1.82) is 10.5 Å². The maximum Gasteiger partial charge on any atom is 0.235 e. The number of nitriles is 2. The molecule has 2 aromatic heterocycles. The molecule has 26 heavy (non-hydrogen) atoms. The highest BCUT2D eigenvalue weighted by Gasteiger charge is 2.23. The molecular formula is C19H18N4OS2. The van der Waals surface area contributed by atoms with E-state index in [0.29, 0.717) is 21.2 Å². The molecule has 0 atom stereocenters. The van der Waals surface area contributed by atoms with E-state index < -0.39 is 0 Å². The lowest BCUT2D eigenvalue weighted by molar-refractivity contribution is -0.113. The Morgan fingerprint density at radius 3 is 2.88 bits per heavy atom. The van der Waals surface area contributed by atoms with Crippen LogP contribution in [0.4, 0.5) is 5.00 Å². The van der Waals surface area contributed by atoms with Gasteiger partial charge in [0.15, 0.2) is 0 Å². The molecule has 1 aliphatic carbocycles. The van der Waals surface area contributed by atoms with Crippen LogP contribution in [0.2, 0.25) is 0 Å². The number of anilines is 1. The molecule has 1 amide bonds. The van der Waals surface area contributed by atoms with Crippen LogP contribution < -0.4 is 5.32 Å². The minimum absolute atomic E-state index is 0.154. The van der Waals surface area contributed by atoms with Crippen LogP contribution in [0.1, 0.15) is 46.2 Å². The number of rotatable bonds is 5. The lowest BCUT2D eigenvalue weighted by atomic mass is 10.1. The summed E-state index contributed by atoms with van der Waals surface area (Å²) < 4.78 is 0. The van der Waals surface area contributed by atoms with Crippen molar-refractivity contribution in [3.63, 3.8) is 0 Å². The average molecular weight is 383 g/mol. The largest absolute Gasteiger partial charge is 0.316 e. The smallest absolute Gasteiger partial charge is 0.235 e. The molecule has 0 fully saturated rings. The number of carbonyl (C=O) groups excluding carboxylic acids is 1. The average Bonchev–Trinajstić information content (AvgIpc) is 3.20. The molecule has 3 rings (SSSR count). The molecule has 0 bridgehead atoms. The molecule has 7 heteroatoms. The van der Waals surface area contributed by atoms with Crippen molar-refractivity contribution in [2.75, 3.05) is 11.1 Å². The van der Waals surface area contributed by atoms with E-state index in [9.17, 15) is 15.3 Å². The van der Waals surface area contributed by atoms with Crippen LogP contribution in [-0.4, -0.2) is 16.6 Å². The maximum atomic E-state index is 12.4. The second kappa shape index (κ2) is 7.90. The summed E-state index contributed by atoms with van der Waals surface area (Å²) in [5, 5.41) is 22.8. The molecule has 0 unspecified atom stereocenters. The highest BCUT2D eigenvalue weighted by Crippen LogP contribution is 2.38. The number of fused-ring (bicyclic) bond motifs is 1. The summed E-state index contributed by atoms with van der Waals surface area (Å²) >= 11 is 2.76. The summed E-state index contributed by atoms with van der Waals surface area (Å²) in [6, 6.07) is 6.20. The first-order valence-electron chi connectivity index (χ1n) is 8.45. The van der Waals surface area contributed by atoms with Crippen LogP contribution in [0, 0.1) is 29.6 Å². The Morgan fingerprint density at radius 2 is 2.19 bits per heavy atom. The summed E-state index contributed by atoms with van der Waals surface area (Å²) in [6.07, 6.45) is 3.76. The van der Waals surface area contributed by atoms with E-state index in [-0.39, 0.29) is 11.7 Å². The second-order valence-corrected chi connectivity index (χ2v) is 8.15. The van der Waals surface area contributed by atoms with Crippen molar-refractivity contribution in [2.24, 2.45) is 0 Å². The third kappa shape index (κ3) is 3.60. The van der Waals surface area contributed by atoms with Crippen molar-refractivity contribution in [2.45, 2.75) is 44.6 Å². The van der Waals surface area contributed by atoms with Crippen molar-refractivity contribution in [3.05, 3.63) is 38.9 Å². The number of thiophene rings is 1.